The Hall–Kier alpha value is -2.04. The number of unbranched alkanes of at least 4 members (excludes halogenated alkanes) is 1. The van der Waals surface area contributed by atoms with Crippen LogP contribution >= 0.6 is 23.5 Å². The monoisotopic (exact) mass is 616 g/mol. The van der Waals surface area contributed by atoms with Gasteiger partial charge in [-0.3, -0.25) is 4.52 Å². The van der Waals surface area contributed by atoms with Crippen LogP contribution in [0.3, 0.4) is 0 Å². The minimum Gasteiger partial charge on any atom is -0.463 e. The molecule has 1 aliphatic rings. The van der Waals surface area contributed by atoms with Crippen molar-refractivity contribution in [2.75, 3.05) is 18.9 Å². The zero-order valence-corrected chi connectivity index (χ0v) is 22.9. The van der Waals surface area contributed by atoms with Crippen LogP contribution in [0.1, 0.15) is 38.0 Å². The van der Waals surface area contributed by atoms with Crippen LogP contribution in [0.25, 0.3) is 17.1 Å². The largest absolute Gasteiger partial charge is 0.490 e. The maximum atomic E-state index is 12.0. The number of anilines is 1. The molecule has 0 aromatic carbocycles. The second-order valence-electron chi connectivity index (χ2n) is 8.12. The van der Waals surface area contributed by atoms with Gasteiger partial charge in [-0.2, -0.15) is 8.62 Å². The summed E-state index contributed by atoms with van der Waals surface area (Å²) in [4.78, 5) is 56.2. The molecule has 0 aliphatic carbocycles. The molecule has 2 aromatic heterocycles. The molecule has 3 rings (SSSR count). The molecule has 0 radical (unpaired) electrons. The standard InChI is InChI=1S/C18H27N4O14P3/c1-2-3-6-32-15(24)5-4-11-8-22(18-16(11)17(19)20-10-21-18)14-7-12(23)13(34-14)9-33-38(28,29)36-39(30,31)35-37(25,26)27/h4-5,8,10,12-14,23H,2-3,6-7,9H2,1H3,(H,28,29)(H,30,31)(H2,19,20,21)(H2,25,26,27)/b5-4+/t12-,13+,14+/m0/s1. The summed E-state index contributed by atoms with van der Waals surface area (Å²) < 4.78 is 58.3. The number of esters is 1. The zero-order valence-electron chi connectivity index (χ0n) is 20.2. The minimum atomic E-state index is -5.70. The van der Waals surface area contributed by atoms with Crippen LogP contribution in [-0.2, 0) is 41.1 Å². The number of ether oxygens (including phenoxy) is 2. The van der Waals surface area contributed by atoms with Crippen molar-refractivity contribution in [1.82, 2.24) is 14.5 Å². The molecule has 2 unspecified atom stereocenters. The number of carbonyl (C=O) groups excluding carboxylic acids is 1. The van der Waals surface area contributed by atoms with Gasteiger partial charge in [0.2, 0.25) is 0 Å². The van der Waals surface area contributed by atoms with Crippen LogP contribution in [0.5, 0.6) is 0 Å². The second-order valence-corrected chi connectivity index (χ2v) is 12.5. The van der Waals surface area contributed by atoms with Crippen LogP contribution in [0.2, 0.25) is 0 Å². The topological polar surface area (TPSA) is 272 Å². The first-order valence-electron chi connectivity index (χ1n) is 11.2. The van der Waals surface area contributed by atoms with Gasteiger partial charge in [-0.1, -0.05) is 13.3 Å². The van der Waals surface area contributed by atoms with E-state index in [-0.39, 0.29) is 24.5 Å². The number of aromatic nitrogens is 3. The van der Waals surface area contributed by atoms with Gasteiger partial charge in [0.25, 0.3) is 0 Å². The van der Waals surface area contributed by atoms with E-state index in [2.05, 4.69) is 23.1 Å². The molecule has 39 heavy (non-hydrogen) atoms. The van der Waals surface area contributed by atoms with Crippen molar-refractivity contribution >= 4 is 52.4 Å². The lowest BCUT2D eigenvalue weighted by atomic mass is 10.2. The van der Waals surface area contributed by atoms with Crippen molar-refractivity contribution in [3.8, 4) is 0 Å². The lowest BCUT2D eigenvalue weighted by Gasteiger charge is -2.19. The van der Waals surface area contributed by atoms with Crippen molar-refractivity contribution in [2.24, 2.45) is 0 Å². The molecule has 7 N–H and O–H groups in total. The summed E-state index contributed by atoms with van der Waals surface area (Å²) in [6, 6.07) is 0. The number of aliphatic hydroxyl groups excluding tert-OH is 1. The molecule has 0 saturated carbocycles. The highest BCUT2D eigenvalue weighted by atomic mass is 31.3. The molecule has 218 valence electrons. The van der Waals surface area contributed by atoms with Gasteiger partial charge in [0.05, 0.1) is 24.7 Å². The van der Waals surface area contributed by atoms with E-state index < -0.39 is 54.5 Å². The van der Waals surface area contributed by atoms with Crippen LogP contribution in [0.15, 0.2) is 18.6 Å². The third kappa shape index (κ3) is 8.98. The number of hydrogen-bond donors (Lipinski definition) is 6. The molecular formula is C18H27N4O14P3. The number of nitrogens with zero attached hydrogens (tertiary/aromatic N) is 3. The molecule has 5 atom stereocenters. The SMILES string of the molecule is CCCCOC(=O)/C=C/c1cn([C@H]2C[C@H](O)[C@@H](COP(=O)(O)OP(=O)(O)OP(=O)(O)O)O2)c2ncnc(N)c12. The van der Waals surface area contributed by atoms with Crippen molar-refractivity contribution in [1.29, 1.82) is 0 Å². The van der Waals surface area contributed by atoms with E-state index in [4.69, 9.17) is 25.0 Å². The summed E-state index contributed by atoms with van der Waals surface area (Å²) in [5, 5.41) is 10.8. The van der Waals surface area contributed by atoms with Crippen molar-refractivity contribution < 1.29 is 65.8 Å². The summed E-state index contributed by atoms with van der Waals surface area (Å²) in [5.41, 5.74) is 6.73. The number of hydrogen-bond acceptors (Lipinski definition) is 13. The number of phosphoric acid groups is 3. The van der Waals surface area contributed by atoms with Crippen LogP contribution in [0.4, 0.5) is 5.82 Å². The van der Waals surface area contributed by atoms with Gasteiger partial charge in [0.1, 0.15) is 30.1 Å². The van der Waals surface area contributed by atoms with E-state index >= 15 is 0 Å². The first-order valence-corrected chi connectivity index (χ1v) is 15.7. The first kappa shape index (κ1) is 31.5. The molecule has 0 spiro atoms. The molecule has 2 aromatic rings. The second kappa shape index (κ2) is 12.6. The predicted molar refractivity (Wildman–Crippen MR) is 131 cm³/mol. The van der Waals surface area contributed by atoms with Crippen LogP contribution in [-0.4, -0.2) is 70.6 Å². The highest BCUT2D eigenvalue weighted by Gasteiger charge is 2.43. The Morgan fingerprint density at radius 3 is 2.59 bits per heavy atom. The lowest BCUT2D eigenvalue weighted by molar-refractivity contribution is -0.137. The Kier molecular flexibility index (Phi) is 10.2. The van der Waals surface area contributed by atoms with E-state index in [0.29, 0.717) is 17.4 Å². The molecular weight excluding hydrogens is 589 g/mol. The molecule has 1 saturated heterocycles. The smallest absolute Gasteiger partial charge is 0.463 e. The summed E-state index contributed by atoms with van der Waals surface area (Å²) >= 11 is 0. The van der Waals surface area contributed by atoms with E-state index in [1.807, 2.05) is 6.92 Å². The van der Waals surface area contributed by atoms with Gasteiger partial charge in [-0.25, -0.2) is 28.5 Å². The quantitative estimate of drug-likeness (QED) is 0.0802. The zero-order chi connectivity index (χ0) is 29.0. The normalized spacial score (nSPS) is 23.2. The Bertz CT molecular complexity index is 1360. The van der Waals surface area contributed by atoms with Crippen LogP contribution in [0, 0.1) is 0 Å². The molecule has 21 heteroatoms. The number of fused-ring (bicyclic) bond motifs is 1. The highest BCUT2D eigenvalue weighted by Crippen LogP contribution is 2.66. The summed E-state index contributed by atoms with van der Waals surface area (Å²) in [6.45, 7) is 1.38. The van der Waals surface area contributed by atoms with Gasteiger partial charge in [0, 0.05) is 24.3 Å². The van der Waals surface area contributed by atoms with Crippen molar-refractivity contribution in [2.45, 2.75) is 44.6 Å². The van der Waals surface area contributed by atoms with Crippen molar-refractivity contribution in [3.05, 3.63) is 24.2 Å². The average Bonchev–Trinajstić information content (AvgIpc) is 3.35. The molecule has 1 aliphatic heterocycles. The number of rotatable bonds is 13. The molecule has 0 bridgehead atoms. The predicted octanol–water partition coefficient (Wildman–Crippen LogP) is 1.36. The van der Waals surface area contributed by atoms with E-state index in [1.54, 1.807) is 0 Å². The van der Waals surface area contributed by atoms with Gasteiger partial charge in [-0.05, 0) is 12.5 Å². The van der Waals surface area contributed by atoms with Crippen molar-refractivity contribution in [3.63, 3.8) is 0 Å². The summed E-state index contributed by atoms with van der Waals surface area (Å²) in [7, 11) is -16.7. The van der Waals surface area contributed by atoms with Gasteiger partial charge in [-0.15, -0.1) is 0 Å². The Balaban J connectivity index is 1.73. The Morgan fingerprint density at radius 1 is 1.21 bits per heavy atom. The minimum absolute atomic E-state index is 0.0691. The fraction of sp³-hybridized carbons (Fsp3) is 0.500. The molecule has 0 amide bonds. The number of nitrogen functional groups attached to an aromatic ring is 1. The number of aliphatic hydroxyl groups is 1. The third-order valence-electron chi connectivity index (χ3n) is 5.14. The maximum Gasteiger partial charge on any atom is 0.490 e. The first-order chi connectivity index (χ1) is 18.1. The fourth-order valence-electron chi connectivity index (χ4n) is 3.51. The molecule has 3 heterocycles. The third-order valence-corrected chi connectivity index (χ3v) is 8.94. The number of phosphoric ester groups is 1. The lowest BCUT2D eigenvalue weighted by Crippen LogP contribution is -2.26. The fourth-order valence-corrected chi connectivity index (χ4v) is 6.54. The molecule has 18 nitrogen and oxygen atoms in total. The summed E-state index contributed by atoms with van der Waals surface area (Å²) in [6.07, 6.45) is 3.44. The van der Waals surface area contributed by atoms with Gasteiger partial charge >= 0.3 is 29.4 Å². The van der Waals surface area contributed by atoms with Gasteiger partial charge in [0.15, 0.2) is 0 Å². The van der Waals surface area contributed by atoms with E-state index in [1.165, 1.54) is 29.2 Å². The molecule has 1 fully saturated rings. The summed E-state index contributed by atoms with van der Waals surface area (Å²) in [5.74, 6) is -0.473. The number of nitrogens with two attached hydrogens (primary N) is 1. The van der Waals surface area contributed by atoms with E-state index in [9.17, 15) is 33.4 Å². The van der Waals surface area contributed by atoms with E-state index in [0.717, 1.165) is 6.42 Å². The highest BCUT2D eigenvalue weighted by molar-refractivity contribution is 7.66. The average molecular weight is 616 g/mol. The maximum absolute atomic E-state index is 12.0. The number of carbonyl (C=O) groups is 1. The van der Waals surface area contributed by atoms with Crippen LogP contribution < -0.4 is 5.73 Å². The Morgan fingerprint density at radius 2 is 1.92 bits per heavy atom. The van der Waals surface area contributed by atoms with Gasteiger partial charge < -0.3 is 44.5 Å². The Labute approximate surface area is 220 Å².